The van der Waals surface area contributed by atoms with Crippen molar-refractivity contribution >= 4 is 43.0 Å². The lowest BCUT2D eigenvalue weighted by molar-refractivity contribution is -0.114. The number of benzene rings is 3. The number of nitrogens with one attached hydrogen (secondary N) is 2. The summed E-state index contributed by atoms with van der Waals surface area (Å²) >= 11 is 3.31. The number of amides is 1. The zero-order valence-electron chi connectivity index (χ0n) is 17.2. The first-order chi connectivity index (χ1) is 15.2. The van der Waals surface area contributed by atoms with Gasteiger partial charge < -0.3 is 20.1 Å². The first-order valence-corrected chi connectivity index (χ1v) is 11.6. The zero-order valence-corrected chi connectivity index (χ0v) is 19.6. The Morgan fingerprint density at radius 1 is 0.969 bits per heavy atom. The maximum Gasteiger partial charge on any atom is 0.243 e. The molecule has 0 unspecified atom stereocenters. The summed E-state index contributed by atoms with van der Waals surface area (Å²) in [6.45, 7) is -0.226. The largest absolute Gasteiger partial charge is 0.493 e. The summed E-state index contributed by atoms with van der Waals surface area (Å²) in [5, 5.41) is 5.47. The Kier molecular flexibility index (Phi) is 7.37. The van der Waals surface area contributed by atoms with Crippen molar-refractivity contribution in [1.29, 1.82) is 0 Å². The molecule has 2 N–H and O–H groups in total. The van der Waals surface area contributed by atoms with Crippen LogP contribution in [-0.4, -0.2) is 35.1 Å². The zero-order chi connectivity index (χ0) is 23.3. The molecule has 3 rings (SSSR count). The van der Waals surface area contributed by atoms with Crippen LogP contribution < -0.4 is 20.1 Å². The van der Waals surface area contributed by atoms with Crippen LogP contribution in [0.3, 0.4) is 0 Å². The molecular weight excluding hydrogens is 503 g/mol. The lowest BCUT2D eigenvalue weighted by Crippen LogP contribution is -2.22. The van der Waals surface area contributed by atoms with E-state index in [1.807, 2.05) is 0 Å². The summed E-state index contributed by atoms with van der Waals surface area (Å²) < 4.78 is 51.6. The predicted octanol–water partition coefficient (Wildman–Crippen LogP) is 4.49. The average Bonchev–Trinajstić information content (AvgIpc) is 2.79. The first kappa shape index (κ1) is 23.6. The number of rotatable bonds is 8. The fourth-order valence-corrected chi connectivity index (χ4v) is 4.61. The van der Waals surface area contributed by atoms with E-state index in [9.17, 15) is 17.6 Å². The molecule has 0 aliphatic rings. The summed E-state index contributed by atoms with van der Waals surface area (Å²) in [4.78, 5) is 11.9. The van der Waals surface area contributed by atoms with Gasteiger partial charge in [-0.15, -0.1) is 0 Å². The number of methoxy groups -OCH3 is 2. The molecule has 0 aliphatic heterocycles. The summed E-state index contributed by atoms with van der Waals surface area (Å²) in [5.41, 5.74) is 0.671. The van der Waals surface area contributed by atoms with Crippen LogP contribution in [0.25, 0.3) is 0 Å². The van der Waals surface area contributed by atoms with E-state index < -0.39 is 21.6 Å². The molecule has 1 amide bonds. The number of halogens is 2. The van der Waals surface area contributed by atoms with Crippen LogP contribution in [-0.2, 0) is 14.6 Å². The van der Waals surface area contributed by atoms with Gasteiger partial charge in [-0.2, -0.15) is 0 Å². The predicted molar refractivity (Wildman–Crippen MR) is 123 cm³/mol. The van der Waals surface area contributed by atoms with Gasteiger partial charge in [0.25, 0.3) is 0 Å². The van der Waals surface area contributed by atoms with E-state index in [0.717, 1.165) is 16.6 Å². The Hall–Kier alpha value is -3.11. The molecule has 0 radical (unpaired) electrons. The topological polar surface area (TPSA) is 93.7 Å². The van der Waals surface area contributed by atoms with Crippen molar-refractivity contribution in [2.75, 3.05) is 31.4 Å². The van der Waals surface area contributed by atoms with E-state index in [1.165, 1.54) is 38.5 Å². The minimum absolute atomic E-state index is 0.0899. The van der Waals surface area contributed by atoms with Gasteiger partial charge in [-0.1, -0.05) is 15.9 Å². The fraction of sp³-hybridized carbons (Fsp3) is 0.136. The van der Waals surface area contributed by atoms with Gasteiger partial charge in [0.05, 0.1) is 36.2 Å². The second-order valence-corrected chi connectivity index (χ2v) is 9.40. The third-order valence-corrected chi connectivity index (χ3v) is 6.79. The van der Waals surface area contributed by atoms with Crippen LogP contribution in [0.2, 0.25) is 0 Å². The molecule has 32 heavy (non-hydrogen) atoms. The SMILES string of the molecule is COc1ccc(S(=O)(=O)c2cc(F)ccc2NCC(=O)Nc2ccc(Br)cc2)cc1OC. The molecule has 0 spiro atoms. The number of hydrogen-bond donors (Lipinski definition) is 2. The third kappa shape index (κ3) is 5.38. The van der Waals surface area contributed by atoms with Gasteiger partial charge >= 0.3 is 0 Å². The molecule has 0 aromatic heterocycles. The highest BCUT2D eigenvalue weighted by Gasteiger charge is 2.24. The molecule has 0 saturated heterocycles. The second kappa shape index (κ2) is 10.0. The maximum absolute atomic E-state index is 14.0. The van der Waals surface area contributed by atoms with Crippen LogP contribution in [0.1, 0.15) is 0 Å². The Morgan fingerprint density at radius 3 is 2.31 bits per heavy atom. The van der Waals surface area contributed by atoms with E-state index in [4.69, 9.17) is 9.47 Å². The average molecular weight is 523 g/mol. The third-order valence-electron chi connectivity index (χ3n) is 4.47. The molecule has 3 aromatic carbocycles. The van der Waals surface area contributed by atoms with Crippen molar-refractivity contribution in [2.24, 2.45) is 0 Å². The highest BCUT2D eigenvalue weighted by Crippen LogP contribution is 2.34. The Morgan fingerprint density at radius 2 is 1.66 bits per heavy atom. The number of carbonyl (C=O) groups excluding carboxylic acids is 1. The van der Waals surface area contributed by atoms with Gasteiger partial charge in [-0.05, 0) is 54.6 Å². The Labute approximate surface area is 193 Å². The lowest BCUT2D eigenvalue weighted by Gasteiger charge is -2.14. The summed E-state index contributed by atoms with van der Waals surface area (Å²) in [5.74, 6) is -0.554. The molecule has 0 heterocycles. The fourth-order valence-electron chi connectivity index (χ4n) is 2.89. The molecule has 7 nitrogen and oxygen atoms in total. The van der Waals surface area contributed by atoms with Gasteiger partial charge in [-0.25, -0.2) is 12.8 Å². The second-order valence-electron chi connectivity index (χ2n) is 6.57. The van der Waals surface area contributed by atoms with Gasteiger partial charge in [0, 0.05) is 16.2 Å². The van der Waals surface area contributed by atoms with E-state index in [0.29, 0.717) is 11.4 Å². The number of anilines is 2. The van der Waals surface area contributed by atoms with Crippen LogP contribution in [0.4, 0.5) is 15.8 Å². The molecule has 0 atom stereocenters. The van der Waals surface area contributed by atoms with Crippen molar-refractivity contribution < 1.29 is 27.1 Å². The molecule has 3 aromatic rings. The number of ether oxygens (including phenoxy) is 2. The molecule has 0 aliphatic carbocycles. The standard InChI is InChI=1S/C22H20BrFN2O5S/c1-30-19-10-8-17(12-20(19)31-2)32(28,29)21-11-15(24)5-9-18(21)25-13-22(27)26-16-6-3-14(23)4-7-16/h3-12,25H,13H2,1-2H3,(H,26,27). The minimum atomic E-state index is -4.14. The van der Waals surface area contributed by atoms with Gasteiger partial charge in [-0.3, -0.25) is 4.79 Å². The monoisotopic (exact) mass is 522 g/mol. The van der Waals surface area contributed by atoms with Crippen LogP contribution in [0.15, 0.2) is 74.9 Å². The molecular formula is C22H20BrFN2O5S. The van der Waals surface area contributed by atoms with Gasteiger partial charge in [0.1, 0.15) is 5.82 Å². The van der Waals surface area contributed by atoms with Crippen LogP contribution >= 0.6 is 15.9 Å². The van der Waals surface area contributed by atoms with Crippen molar-refractivity contribution in [3.63, 3.8) is 0 Å². The van der Waals surface area contributed by atoms with Crippen molar-refractivity contribution in [2.45, 2.75) is 9.79 Å². The number of hydrogen-bond acceptors (Lipinski definition) is 6. The molecule has 0 saturated carbocycles. The van der Waals surface area contributed by atoms with Crippen LogP contribution in [0.5, 0.6) is 11.5 Å². The Bertz CT molecular complexity index is 1230. The normalized spacial score (nSPS) is 11.0. The van der Waals surface area contributed by atoms with Crippen molar-refractivity contribution in [3.8, 4) is 11.5 Å². The number of carbonyl (C=O) groups is 1. The van der Waals surface area contributed by atoms with Crippen molar-refractivity contribution in [3.05, 3.63) is 71.0 Å². The van der Waals surface area contributed by atoms with E-state index in [2.05, 4.69) is 26.6 Å². The number of sulfone groups is 1. The quantitative estimate of drug-likeness (QED) is 0.452. The molecule has 0 bridgehead atoms. The highest BCUT2D eigenvalue weighted by molar-refractivity contribution is 9.10. The summed E-state index contributed by atoms with van der Waals surface area (Å²) in [6, 6.07) is 14.4. The van der Waals surface area contributed by atoms with Crippen LogP contribution in [0, 0.1) is 5.82 Å². The minimum Gasteiger partial charge on any atom is -0.493 e. The smallest absolute Gasteiger partial charge is 0.243 e. The first-order valence-electron chi connectivity index (χ1n) is 9.30. The molecule has 168 valence electrons. The van der Waals surface area contributed by atoms with Crippen molar-refractivity contribution in [1.82, 2.24) is 0 Å². The van der Waals surface area contributed by atoms with Gasteiger partial charge in [0.15, 0.2) is 11.5 Å². The van der Waals surface area contributed by atoms with E-state index in [1.54, 1.807) is 24.3 Å². The van der Waals surface area contributed by atoms with E-state index >= 15 is 0 Å². The lowest BCUT2D eigenvalue weighted by atomic mass is 10.3. The highest BCUT2D eigenvalue weighted by atomic mass is 79.9. The summed E-state index contributed by atoms with van der Waals surface area (Å²) in [7, 11) is -1.32. The molecule has 10 heteroatoms. The van der Waals surface area contributed by atoms with E-state index in [-0.39, 0.29) is 27.8 Å². The Balaban J connectivity index is 1.85. The summed E-state index contributed by atoms with van der Waals surface area (Å²) in [6.07, 6.45) is 0. The maximum atomic E-state index is 14.0. The van der Waals surface area contributed by atoms with Gasteiger partial charge in [0.2, 0.25) is 15.7 Å². The molecule has 0 fully saturated rings.